The molecule has 1 fully saturated rings. The molecule has 1 aliphatic rings. The van der Waals surface area contributed by atoms with Crippen LogP contribution in [0.5, 0.6) is 0 Å². The predicted octanol–water partition coefficient (Wildman–Crippen LogP) is 0.635. The number of hydrogen-bond donors (Lipinski definition) is 0. The summed E-state index contributed by atoms with van der Waals surface area (Å²) in [6.45, 7) is 0.0671. The van der Waals surface area contributed by atoms with Gasteiger partial charge in [0.25, 0.3) is 0 Å². The van der Waals surface area contributed by atoms with Gasteiger partial charge < -0.3 is 4.74 Å². The lowest BCUT2D eigenvalue weighted by molar-refractivity contribution is -0.144. The molecule has 1 aromatic carbocycles. The Bertz CT molecular complexity index is 663. The lowest BCUT2D eigenvalue weighted by atomic mass is 10.1. The first-order chi connectivity index (χ1) is 9.47. The molecule has 6 nitrogen and oxygen atoms in total. The van der Waals surface area contributed by atoms with Crippen molar-refractivity contribution < 1.29 is 17.9 Å². The van der Waals surface area contributed by atoms with Crippen LogP contribution in [-0.2, 0) is 26.1 Å². The summed E-state index contributed by atoms with van der Waals surface area (Å²) in [4.78, 5) is 11.6. The van der Waals surface area contributed by atoms with Crippen LogP contribution in [0.2, 0.25) is 0 Å². The molecule has 0 spiro atoms. The molecule has 1 heterocycles. The quantitative estimate of drug-likeness (QED) is 0.763. The topological polar surface area (TPSA) is 87.5 Å². The van der Waals surface area contributed by atoms with Gasteiger partial charge in [0.05, 0.1) is 24.5 Å². The third-order valence-corrected chi connectivity index (χ3v) is 5.07. The minimum Gasteiger partial charge on any atom is -0.468 e. The fraction of sp³-hybridized carbons (Fsp3) is 0.385. The van der Waals surface area contributed by atoms with E-state index in [1.807, 2.05) is 6.07 Å². The second kappa shape index (κ2) is 5.61. The Kier molecular flexibility index (Phi) is 4.06. The Hall–Kier alpha value is -1.91. The number of esters is 1. The summed E-state index contributed by atoms with van der Waals surface area (Å²) in [7, 11) is -2.22. The number of nitrogens with zero attached hydrogens (tertiary/aromatic N) is 2. The van der Waals surface area contributed by atoms with Gasteiger partial charge >= 0.3 is 5.97 Å². The SMILES string of the molecule is COC(=O)[C@@H]1CCS(=O)(=O)N1Cc1cccc(C#N)c1. The van der Waals surface area contributed by atoms with Gasteiger partial charge in [-0.05, 0) is 24.1 Å². The van der Waals surface area contributed by atoms with Crippen molar-refractivity contribution in [2.45, 2.75) is 19.0 Å². The maximum absolute atomic E-state index is 12.0. The fourth-order valence-corrected chi connectivity index (χ4v) is 3.90. The van der Waals surface area contributed by atoms with Gasteiger partial charge in [-0.15, -0.1) is 0 Å². The number of methoxy groups -OCH3 is 1. The Morgan fingerprint density at radius 3 is 2.95 bits per heavy atom. The molecule has 0 bridgehead atoms. The van der Waals surface area contributed by atoms with Crippen LogP contribution in [0, 0.1) is 11.3 Å². The average molecular weight is 294 g/mol. The van der Waals surface area contributed by atoms with E-state index in [0.717, 1.165) is 4.31 Å². The van der Waals surface area contributed by atoms with Gasteiger partial charge in [-0.1, -0.05) is 12.1 Å². The second-order valence-electron chi connectivity index (χ2n) is 4.50. The molecule has 1 aliphatic heterocycles. The molecule has 0 N–H and O–H groups in total. The number of hydrogen-bond acceptors (Lipinski definition) is 5. The molecule has 0 saturated carbocycles. The molecule has 20 heavy (non-hydrogen) atoms. The van der Waals surface area contributed by atoms with Crippen LogP contribution in [0.3, 0.4) is 0 Å². The number of rotatable bonds is 3. The summed E-state index contributed by atoms with van der Waals surface area (Å²) in [5, 5.41) is 8.85. The molecule has 0 aliphatic carbocycles. The van der Waals surface area contributed by atoms with Crippen molar-refractivity contribution in [3.05, 3.63) is 35.4 Å². The molecular formula is C13H14N2O4S. The molecule has 1 aromatic rings. The second-order valence-corrected chi connectivity index (χ2v) is 6.54. The van der Waals surface area contributed by atoms with Crippen LogP contribution in [0.1, 0.15) is 17.5 Å². The van der Waals surface area contributed by atoms with Gasteiger partial charge in [-0.2, -0.15) is 9.57 Å². The Morgan fingerprint density at radius 2 is 2.30 bits per heavy atom. The molecular weight excluding hydrogens is 280 g/mol. The third-order valence-electron chi connectivity index (χ3n) is 3.22. The molecule has 106 valence electrons. The minimum atomic E-state index is -3.46. The Labute approximate surface area is 117 Å². The first-order valence-electron chi connectivity index (χ1n) is 6.04. The molecule has 1 atom stereocenters. The zero-order valence-corrected chi connectivity index (χ0v) is 11.8. The van der Waals surface area contributed by atoms with Crippen molar-refractivity contribution in [2.75, 3.05) is 12.9 Å². The minimum absolute atomic E-state index is 0.0648. The van der Waals surface area contributed by atoms with E-state index in [0.29, 0.717) is 11.1 Å². The van der Waals surface area contributed by atoms with Crippen molar-refractivity contribution in [3.8, 4) is 6.07 Å². The lowest BCUT2D eigenvalue weighted by Crippen LogP contribution is -2.38. The molecule has 0 radical (unpaired) electrons. The highest BCUT2D eigenvalue weighted by molar-refractivity contribution is 7.89. The molecule has 0 amide bonds. The molecule has 0 aromatic heterocycles. The van der Waals surface area contributed by atoms with Crippen molar-refractivity contribution in [3.63, 3.8) is 0 Å². The number of benzene rings is 1. The first kappa shape index (κ1) is 14.5. The van der Waals surface area contributed by atoms with Gasteiger partial charge in [0, 0.05) is 6.54 Å². The first-order valence-corrected chi connectivity index (χ1v) is 7.65. The predicted molar refractivity (Wildman–Crippen MR) is 70.9 cm³/mol. The van der Waals surface area contributed by atoms with E-state index in [-0.39, 0.29) is 18.7 Å². The smallest absolute Gasteiger partial charge is 0.324 e. The van der Waals surface area contributed by atoms with Crippen LogP contribution in [0.25, 0.3) is 0 Å². The standard InChI is InChI=1S/C13H14N2O4S/c1-19-13(16)12-5-6-20(17,18)15(12)9-11-4-2-3-10(7-11)8-14/h2-4,7,12H,5-6,9H2,1H3/t12-/m0/s1. The summed E-state index contributed by atoms with van der Waals surface area (Å²) in [5.41, 5.74) is 1.12. The van der Waals surface area contributed by atoms with Gasteiger partial charge in [0.15, 0.2) is 0 Å². The summed E-state index contributed by atoms with van der Waals surface area (Å²) in [6, 6.07) is 7.88. The maximum atomic E-state index is 12.0. The van der Waals surface area contributed by atoms with Crippen molar-refractivity contribution >= 4 is 16.0 Å². The molecule has 0 unspecified atom stereocenters. The van der Waals surface area contributed by atoms with E-state index in [4.69, 9.17) is 5.26 Å². The zero-order chi connectivity index (χ0) is 14.8. The highest BCUT2D eigenvalue weighted by atomic mass is 32.2. The summed E-state index contributed by atoms with van der Waals surface area (Å²) in [6.07, 6.45) is 0.229. The van der Waals surface area contributed by atoms with Crippen LogP contribution in [0.15, 0.2) is 24.3 Å². The average Bonchev–Trinajstić information content (AvgIpc) is 2.74. The van der Waals surface area contributed by atoms with Crippen molar-refractivity contribution in [1.29, 1.82) is 5.26 Å². The van der Waals surface area contributed by atoms with Crippen LogP contribution in [0.4, 0.5) is 0 Å². The summed E-state index contributed by atoms with van der Waals surface area (Å²) >= 11 is 0. The number of nitriles is 1. The van der Waals surface area contributed by atoms with E-state index in [2.05, 4.69) is 4.74 Å². The maximum Gasteiger partial charge on any atom is 0.324 e. The fourth-order valence-electron chi connectivity index (χ4n) is 2.21. The van der Waals surface area contributed by atoms with Crippen LogP contribution >= 0.6 is 0 Å². The van der Waals surface area contributed by atoms with Crippen molar-refractivity contribution in [2.24, 2.45) is 0 Å². The highest BCUT2D eigenvalue weighted by Crippen LogP contribution is 2.25. The van der Waals surface area contributed by atoms with E-state index in [1.165, 1.54) is 7.11 Å². The van der Waals surface area contributed by atoms with Crippen molar-refractivity contribution in [1.82, 2.24) is 4.31 Å². The molecule has 2 rings (SSSR count). The molecule has 7 heteroatoms. The summed E-state index contributed by atoms with van der Waals surface area (Å²) in [5.74, 6) is -0.618. The van der Waals surface area contributed by atoms with E-state index < -0.39 is 22.0 Å². The van der Waals surface area contributed by atoms with Crippen LogP contribution in [-0.4, -0.2) is 37.6 Å². The Morgan fingerprint density at radius 1 is 1.55 bits per heavy atom. The van der Waals surface area contributed by atoms with Gasteiger partial charge in [0.1, 0.15) is 6.04 Å². The van der Waals surface area contributed by atoms with E-state index >= 15 is 0 Å². The number of sulfonamides is 1. The van der Waals surface area contributed by atoms with Gasteiger partial charge in [-0.25, -0.2) is 8.42 Å². The zero-order valence-electron chi connectivity index (χ0n) is 10.9. The lowest BCUT2D eigenvalue weighted by Gasteiger charge is -2.21. The number of carbonyl (C=O) groups excluding carboxylic acids is 1. The summed E-state index contributed by atoms with van der Waals surface area (Å²) < 4.78 is 29.8. The number of ether oxygens (including phenoxy) is 1. The Balaban J connectivity index is 2.28. The van der Waals surface area contributed by atoms with E-state index in [1.54, 1.807) is 24.3 Å². The van der Waals surface area contributed by atoms with Gasteiger partial charge in [-0.3, -0.25) is 4.79 Å². The van der Waals surface area contributed by atoms with E-state index in [9.17, 15) is 13.2 Å². The normalized spacial score (nSPS) is 21.3. The highest BCUT2D eigenvalue weighted by Gasteiger charge is 2.42. The number of carbonyl (C=O) groups is 1. The largest absolute Gasteiger partial charge is 0.468 e. The van der Waals surface area contributed by atoms with Crippen LogP contribution < -0.4 is 0 Å². The third kappa shape index (κ3) is 2.81. The monoisotopic (exact) mass is 294 g/mol. The van der Waals surface area contributed by atoms with Gasteiger partial charge in [0.2, 0.25) is 10.0 Å². The molecule has 1 saturated heterocycles.